The number of hydrogen-bond donors (Lipinski definition) is 1. The van der Waals surface area contributed by atoms with Gasteiger partial charge in [-0.3, -0.25) is 9.97 Å². The average Bonchev–Trinajstić information content (AvgIpc) is 2.67. The molecule has 2 aromatic rings. The Morgan fingerprint density at radius 2 is 1.96 bits per heavy atom. The van der Waals surface area contributed by atoms with Crippen molar-refractivity contribution < 1.29 is 23.4 Å². The van der Waals surface area contributed by atoms with E-state index in [-0.39, 0.29) is 18.4 Å². The summed E-state index contributed by atoms with van der Waals surface area (Å²) in [5.41, 5.74) is 2.10. The van der Waals surface area contributed by atoms with Gasteiger partial charge in [-0.1, -0.05) is 6.07 Å². The number of ether oxygens (including phenoxy) is 1. The van der Waals surface area contributed by atoms with Crippen LogP contribution in [0.5, 0.6) is 0 Å². The number of aromatic nitrogens is 2. The highest BCUT2D eigenvalue weighted by Crippen LogP contribution is 2.27. The topological polar surface area (TPSA) is 75.6 Å². The maximum atomic E-state index is 13.1. The molecule has 0 aromatic carbocycles. The Bertz CT molecular complexity index is 774. The van der Waals surface area contributed by atoms with Gasteiger partial charge in [0.2, 0.25) is 0 Å². The molecule has 27 heavy (non-hydrogen) atoms. The van der Waals surface area contributed by atoms with E-state index < -0.39 is 11.9 Å². The Hall–Kier alpha value is -2.45. The first-order valence-corrected chi connectivity index (χ1v) is 8.75. The van der Waals surface area contributed by atoms with Crippen molar-refractivity contribution in [1.82, 2.24) is 14.9 Å². The summed E-state index contributed by atoms with van der Waals surface area (Å²) in [7, 11) is 0. The summed E-state index contributed by atoms with van der Waals surface area (Å²) in [5, 5.41) is 9.04. The number of rotatable bonds is 7. The lowest BCUT2D eigenvalue weighted by atomic mass is 10.1. The zero-order valence-corrected chi connectivity index (χ0v) is 14.8. The highest BCUT2D eigenvalue weighted by molar-refractivity contribution is 5.88. The minimum absolute atomic E-state index is 0.0878. The van der Waals surface area contributed by atoms with Crippen molar-refractivity contribution in [3.8, 4) is 11.4 Å². The molecule has 8 heteroatoms. The van der Waals surface area contributed by atoms with Gasteiger partial charge in [-0.15, -0.1) is 0 Å². The molecule has 1 fully saturated rings. The number of carbonyl (C=O) groups is 1. The summed E-state index contributed by atoms with van der Waals surface area (Å²) < 4.78 is 31.8. The standard InChI is InChI=1S/C19H21F2N3O3/c20-19(21)4-7-24(8-5-19)9-10-27-13-14-1-2-16(23-12-14)17-11-15(18(25)26)3-6-22-17/h1-3,6,11-12H,4-5,7-10,13H2,(H,25,26). The second-order valence-corrected chi connectivity index (χ2v) is 6.54. The molecule has 1 saturated heterocycles. The molecule has 144 valence electrons. The molecular formula is C19H21F2N3O3. The average molecular weight is 377 g/mol. The van der Waals surface area contributed by atoms with Crippen molar-refractivity contribution >= 4 is 5.97 Å². The quantitative estimate of drug-likeness (QED) is 0.748. The van der Waals surface area contributed by atoms with E-state index >= 15 is 0 Å². The number of piperidine rings is 1. The van der Waals surface area contributed by atoms with Crippen LogP contribution < -0.4 is 0 Å². The fourth-order valence-electron chi connectivity index (χ4n) is 2.85. The highest BCUT2D eigenvalue weighted by Gasteiger charge is 2.33. The van der Waals surface area contributed by atoms with Gasteiger partial charge in [-0.25, -0.2) is 13.6 Å². The summed E-state index contributed by atoms with van der Waals surface area (Å²) >= 11 is 0. The molecule has 3 rings (SSSR count). The zero-order chi connectivity index (χ0) is 19.3. The van der Waals surface area contributed by atoms with Gasteiger partial charge < -0.3 is 14.7 Å². The highest BCUT2D eigenvalue weighted by atomic mass is 19.3. The molecule has 1 N–H and O–H groups in total. The number of halogens is 2. The minimum Gasteiger partial charge on any atom is -0.478 e. The Kier molecular flexibility index (Phi) is 6.08. The van der Waals surface area contributed by atoms with Crippen LogP contribution in [0.25, 0.3) is 11.4 Å². The molecule has 1 aliphatic heterocycles. The van der Waals surface area contributed by atoms with Crippen LogP contribution in [0.15, 0.2) is 36.7 Å². The van der Waals surface area contributed by atoms with Crippen LogP contribution in [-0.4, -0.2) is 58.1 Å². The molecule has 0 unspecified atom stereocenters. The molecule has 0 amide bonds. The minimum atomic E-state index is -2.52. The molecule has 2 aromatic heterocycles. The fourth-order valence-corrected chi connectivity index (χ4v) is 2.85. The maximum absolute atomic E-state index is 13.1. The third-order valence-electron chi connectivity index (χ3n) is 4.50. The summed E-state index contributed by atoms with van der Waals surface area (Å²) in [4.78, 5) is 21.5. The largest absolute Gasteiger partial charge is 0.478 e. The van der Waals surface area contributed by atoms with Crippen molar-refractivity contribution in [1.29, 1.82) is 0 Å². The first-order chi connectivity index (χ1) is 12.9. The Balaban J connectivity index is 1.46. The number of alkyl halides is 2. The molecule has 0 aliphatic carbocycles. The summed E-state index contributed by atoms with van der Waals surface area (Å²) in [5.74, 6) is -3.54. The summed E-state index contributed by atoms with van der Waals surface area (Å²) in [6.45, 7) is 2.27. The molecular weight excluding hydrogens is 356 g/mol. The molecule has 0 atom stereocenters. The second-order valence-electron chi connectivity index (χ2n) is 6.54. The first kappa shape index (κ1) is 19.3. The normalized spacial score (nSPS) is 17.0. The number of carboxylic acid groups (broad SMARTS) is 1. The maximum Gasteiger partial charge on any atom is 0.335 e. The lowest BCUT2D eigenvalue weighted by Gasteiger charge is -2.31. The van der Waals surface area contributed by atoms with Crippen LogP contribution >= 0.6 is 0 Å². The van der Waals surface area contributed by atoms with E-state index in [9.17, 15) is 13.6 Å². The van der Waals surface area contributed by atoms with Crippen LogP contribution in [-0.2, 0) is 11.3 Å². The predicted molar refractivity (Wildman–Crippen MR) is 94.7 cm³/mol. The van der Waals surface area contributed by atoms with Crippen molar-refractivity contribution in [2.45, 2.75) is 25.4 Å². The van der Waals surface area contributed by atoms with Gasteiger partial charge >= 0.3 is 5.97 Å². The molecule has 0 saturated carbocycles. The third-order valence-corrected chi connectivity index (χ3v) is 4.50. The monoisotopic (exact) mass is 377 g/mol. The van der Waals surface area contributed by atoms with Crippen LogP contribution in [0.1, 0.15) is 28.8 Å². The fraction of sp³-hybridized carbons (Fsp3) is 0.421. The van der Waals surface area contributed by atoms with E-state index in [1.165, 1.54) is 18.3 Å². The zero-order valence-electron chi connectivity index (χ0n) is 14.8. The van der Waals surface area contributed by atoms with Crippen molar-refractivity contribution in [2.75, 3.05) is 26.2 Å². The number of nitrogens with zero attached hydrogens (tertiary/aromatic N) is 3. The van der Waals surface area contributed by atoms with Crippen molar-refractivity contribution in [2.24, 2.45) is 0 Å². The molecule has 6 nitrogen and oxygen atoms in total. The van der Waals surface area contributed by atoms with Gasteiger partial charge in [0.1, 0.15) is 0 Å². The number of pyridine rings is 2. The smallest absolute Gasteiger partial charge is 0.335 e. The number of likely N-dealkylation sites (tertiary alicyclic amines) is 1. The third kappa shape index (κ3) is 5.51. The Labute approximate surface area is 155 Å². The Morgan fingerprint density at radius 3 is 2.63 bits per heavy atom. The second kappa shape index (κ2) is 8.49. The summed E-state index contributed by atoms with van der Waals surface area (Å²) in [6.07, 6.45) is 2.92. The van der Waals surface area contributed by atoms with E-state index in [0.717, 1.165) is 5.56 Å². The van der Waals surface area contributed by atoms with Gasteiger partial charge in [0, 0.05) is 44.9 Å². The van der Waals surface area contributed by atoms with Gasteiger partial charge in [-0.05, 0) is 23.8 Å². The van der Waals surface area contributed by atoms with E-state index in [1.807, 2.05) is 11.0 Å². The lowest BCUT2D eigenvalue weighted by Crippen LogP contribution is -2.40. The SMILES string of the molecule is O=C(O)c1ccnc(-c2ccc(COCCN3CCC(F)(F)CC3)cn2)c1. The van der Waals surface area contributed by atoms with Gasteiger partial charge in [0.05, 0.1) is 30.2 Å². The first-order valence-electron chi connectivity index (χ1n) is 8.75. The lowest BCUT2D eigenvalue weighted by molar-refractivity contribution is -0.0590. The van der Waals surface area contributed by atoms with Crippen LogP contribution in [0.4, 0.5) is 8.78 Å². The van der Waals surface area contributed by atoms with Gasteiger partial charge in [-0.2, -0.15) is 0 Å². The number of carboxylic acids is 1. The molecule has 0 bridgehead atoms. The van der Waals surface area contributed by atoms with E-state index in [1.54, 1.807) is 12.3 Å². The summed E-state index contributed by atoms with van der Waals surface area (Å²) in [6, 6.07) is 6.51. The molecule has 3 heterocycles. The Morgan fingerprint density at radius 1 is 1.19 bits per heavy atom. The van der Waals surface area contributed by atoms with E-state index in [2.05, 4.69) is 9.97 Å². The van der Waals surface area contributed by atoms with Gasteiger partial charge in [0.25, 0.3) is 5.92 Å². The molecule has 0 radical (unpaired) electrons. The molecule has 0 spiro atoms. The molecule has 1 aliphatic rings. The number of aromatic carboxylic acids is 1. The van der Waals surface area contributed by atoms with Crippen LogP contribution in [0, 0.1) is 0 Å². The van der Waals surface area contributed by atoms with Crippen LogP contribution in [0.2, 0.25) is 0 Å². The van der Waals surface area contributed by atoms with Gasteiger partial charge in [0.15, 0.2) is 0 Å². The van der Waals surface area contributed by atoms with Crippen LogP contribution in [0.3, 0.4) is 0 Å². The number of hydrogen-bond acceptors (Lipinski definition) is 5. The predicted octanol–water partition coefficient (Wildman–Crippen LogP) is 3.09. The van der Waals surface area contributed by atoms with Crippen molar-refractivity contribution in [3.63, 3.8) is 0 Å². The van der Waals surface area contributed by atoms with E-state index in [4.69, 9.17) is 9.84 Å². The van der Waals surface area contributed by atoms with Crippen molar-refractivity contribution in [3.05, 3.63) is 47.8 Å². The van der Waals surface area contributed by atoms with E-state index in [0.29, 0.717) is 44.2 Å².